The zero-order chi connectivity index (χ0) is 27.3. The molecule has 1 aromatic heterocycles. The number of benzene rings is 2. The van der Waals surface area contributed by atoms with Crippen LogP contribution >= 0.6 is 11.6 Å². The van der Waals surface area contributed by atoms with Crippen LogP contribution < -0.4 is 20.1 Å². The Balaban J connectivity index is 1.56. The van der Waals surface area contributed by atoms with Gasteiger partial charge >= 0.3 is 0 Å². The Morgan fingerprint density at radius 2 is 1.92 bits per heavy atom. The lowest BCUT2D eigenvalue weighted by Gasteiger charge is -2.18. The van der Waals surface area contributed by atoms with Crippen molar-refractivity contribution in [2.24, 2.45) is 0 Å². The molecule has 3 aromatic rings. The molecular formula is C26H33ClN6O4S. The number of para-hydroxylation sites is 1. The standard InChI is InChI=1S/C26H33ClN6O4S/c1-5-33-14-13-19(17-33)37-18-11-12-21(23(15-18)36-6-2)30-26-28-16-20(27)25(31-26)29-22-9-7-8-10-24(22)38(34,35)32(3)4/h7-12,15-16,19H,5-6,13-14,17H2,1-4H3,(H2,28,29,30,31). The van der Waals surface area contributed by atoms with Crippen molar-refractivity contribution in [2.45, 2.75) is 31.3 Å². The van der Waals surface area contributed by atoms with Gasteiger partial charge in [0.15, 0.2) is 5.82 Å². The molecular weight excluding hydrogens is 528 g/mol. The molecule has 38 heavy (non-hydrogen) atoms. The van der Waals surface area contributed by atoms with E-state index in [0.29, 0.717) is 23.7 Å². The van der Waals surface area contributed by atoms with Crippen molar-refractivity contribution in [2.75, 3.05) is 51.0 Å². The monoisotopic (exact) mass is 560 g/mol. The number of ether oxygens (including phenoxy) is 2. The first kappa shape index (κ1) is 27.9. The molecule has 2 N–H and O–H groups in total. The van der Waals surface area contributed by atoms with Crippen LogP contribution in [0.4, 0.5) is 23.1 Å². The van der Waals surface area contributed by atoms with E-state index in [-0.39, 0.29) is 27.8 Å². The Hall–Kier alpha value is -3.12. The van der Waals surface area contributed by atoms with Gasteiger partial charge in [-0.05, 0) is 44.2 Å². The smallest absolute Gasteiger partial charge is 0.244 e. The van der Waals surface area contributed by atoms with Gasteiger partial charge in [0, 0.05) is 33.3 Å². The van der Waals surface area contributed by atoms with Gasteiger partial charge in [0.1, 0.15) is 27.5 Å². The molecule has 1 aliphatic heterocycles. The van der Waals surface area contributed by atoms with Gasteiger partial charge in [0.2, 0.25) is 16.0 Å². The van der Waals surface area contributed by atoms with E-state index in [1.165, 1.54) is 26.4 Å². The highest BCUT2D eigenvalue weighted by Gasteiger charge is 2.24. The third kappa shape index (κ3) is 6.47. The molecule has 12 heteroatoms. The zero-order valence-corrected chi connectivity index (χ0v) is 23.5. The first-order chi connectivity index (χ1) is 18.2. The summed E-state index contributed by atoms with van der Waals surface area (Å²) >= 11 is 6.36. The lowest BCUT2D eigenvalue weighted by Crippen LogP contribution is -2.24. The molecule has 0 radical (unpaired) electrons. The van der Waals surface area contributed by atoms with Crippen LogP contribution in [0, 0.1) is 0 Å². The highest BCUT2D eigenvalue weighted by molar-refractivity contribution is 7.89. The number of hydrogen-bond donors (Lipinski definition) is 2. The number of sulfonamides is 1. The average molecular weight is 561 g/mol. The Bertz CT molecular complexity index is 1370. The van der Waals surface area contributed by atoms with Gasteiger partial charge in [0.05, 0.1) is 24.2 Å². The van der Waals surface area contributed by atoms with Crippen molar-refractivity contribution in [1.29, 1.82) is 0 Å². The first-order valence-corrected chi connectivity index (χ1v) is 14.3. The minimum Gasteiger partial charge on any atom is -0.492 e. The average Bonchev–Trinajstić information content (AvgIpc) is 3.35. The Kier molecular flexibility index (Phi) is 8.93. The van der Waals surface area contributed by atoms with Crippen LogP contribution in [-0.2, 0) is 10.0 Å². The van der Waals surface area contributed by atoms with Crippen molar-refractivity contribution in [1.82, 2.24) is 19.2 Å². The van der Waals surface area contributed by atoms with E-state index in [1.807, 2.05) is 25.1 Å². The van der Waals surface area contributed by atoms with Gasteiger partial charge in [-0.1, -0.05) is 30.7 Å². The first-order valence-electron chi connectivity index (χ1n) is 12.4. The van der Waals surface area contributed by atoms with E-state index in [9.17, 15) is 8.42 Å². The molecule has 2 aromatic carbocycles. The summed E-state index contributed by atoms with van der Waals surface area (Å²) in [6.45, 7) is 7.50. The topological polar surface area (TPSA) is 109 Å². The maximum atomic E-state index is 12.8. The molecule has 1 aliphatic rings. The van der Waals surface area contributed by atoms with Crippen LogP contribution in [0.5, 0.6) is 11.5 Å². The van der Waals surface area contributed by atoms with E-state index in [0.717, 1.165) is 36.1 Å². The fourth-order valence-corrected chi connectivity index (χ4v) is 5.26. The second-order valence-corrected chi connectivity index (χ2v) is 11.5. The van der Waals surface area contributed by atoms with Gasteiger partial charge < -0.3 is 20.1 Å². The number of anilines is 4. The number of aromatic nitrogens is 2. The van der Waals surface area contributed by atoms with E-state index >= 15 is 0 Å². The highest BCUT2D eigenvalue weighted by Crippen LogP contribution is 2.34. The lowest BCUT2D eigenvalue weighted by molar-refractivity contribution is 0.201. The largest absolute Gasteiger partial charge is 0.492 e. The normalized spacial score (nSPS) is 16.0. The molecule has 1 atom stereocenters. The van der Waals surface area contributed by atoms with Crippen molar-refractivity contribution >= 4 is 44.8 Å². The van der Waals surface area contributed by atoms with Gasteiger partial charge in [-0.15, -0.1) is 0 Å². The number of halogens is 1. The molecule has 204 valence electrons. The maximum absolute atomic E-state index is 12.8. The van der Waals surface area contributed by atoms with Crippen LogP contribution in [0.3, 0.4) is 0 Å². The quantitative estimate of drug-likeness (QED) is 0.343. The van der Waals surface area contributed by atoms with E-state index in [4.69, 9.17) is 21.1 Å². The minimum atomic E-state index is -3.69. The van der Waals surface area contributed by atoms with E-state index < -0.39 is 10.0 Å². The molecule has 4 rings (SSSR count). The van der Waals surface area contributed by atoms with Gasteiger partial charge in [0.25, 0.3) is 0 Å². The second kappa shape index (κ2) is 12.2. The molecule has 0 bridgehead atoms. The SMILES string of the molecule is CCOc1cc(OC2CCN(CC)C2)ccc1Nc1ncc(Cl)c(Nc2ccccc2S(=O)(=O)N(C)C)n1. The summed E-state index contributed by atoms with van der Waals surface area (Å²) in [7, 11) is -0.735. The molecule has 1 saturated heterocycles. The van der Waals surface area contributed by atoms with E-state index in [1.54, 1.807) is 18.2 Å². The summed E-state index contributed by atoms with van der Waals surface area (Å²) in [6.07, 6.45) is 2.58. The Morgan fingerprint density at radius 1 is 1.13 bits per heavy atom. The van der Waals surface area contributed by atoms with Crippen molar-refractivity contribution < 1.29 is 17.9 Å². The van der Waals surface area contributed by atoms with Gasteiger partial charge in [-0.2, -0.15) is 4.98 Å². The number of likely N-dealkylation sites (N-methyl/N-ethyl adjacent to an activating group) is 1. The molecule has 0 saturated carbocycles. The number of rotatable bonds is 11. The van der Waals surface area contributed by atoms with Crippen molar-refractivity contribution in [3.63, 3.8) is 0 Å². The maximum Gasteiger partial charge on any atom is 0.244 e. The highest BCUT2D eigenvalue weighted by atomic mass is 35.5. The van der Waals surface area contributed by atoms with Crippen molar-refractivity contribution in [3.8, 4) is 11.5 Å². The lowest BCUT2D eigenvalue weighted by atomic mass is 10.2. The predicted octanol–water partition coefficient (Wildman–Crippen LogP) is 4.74. The zero-order valence-electron chi connectivity index (χ0n) is 21.9. The Labute approximate surface area is 229 Å². The van der Waals surface area contributed by atoms with Crippen LogP contribution in [0.1, 0.15) is 20.3 Å². The third-order valence-electron chi connectivity index (χ3n) is 6.12. The summed E-state index contributed by atoms with van der Waals surface area (Å²) in [5, 5.41) is 6.45. The number of hydrogen-bond acceptors (Lipinski definition) is 9. The molecule has 1 unspecified atom stereocenters. The van der Waals surface area contributed by atoms with Crippen molar-refractivity contribution in [3.05, 3.63) is 53.7 Å². The molecule has 0 amide bonds. The number of nitrogens with zero attached hydrogens (tertiary/aromatic N) is 4. The molecule has 0 aliphatic carbocycles. The second-order valence-electron chi connectivity index (χ2n) is 8.94. The summed E-state index contributed by atoms with van der Waals surface area (Å²) in [5.74, 6) is 1.85. The molecule has 10 nitrogen and oxygen atoms in total. The predicted molar refractivity (Wildman–Crippen MR) is 150 cm³/mol. The molecule has 2 heterocycles. The fourth-order valence-electron chi connectivity index (χ4n) is 4.08. The summed E-state index contributed by atoms with van der Waals surface area (Å²) < 4.78 is 38.8. The molecule has 1 fully saturated rings. The van der Waals surface area contributed by atoms with Crippen LogP contribution in [-0.4, -0.2) is 74.0 Å². The van der Waals surface area contributed by atoms with Gasteiger partial charge in [-0.25, -0.2) is 17.7 Å². The Morgan fingerprint density at radius 3 is 2.63 bits per heavy atom. The van der Waals surface area contributed by atoms with Crippen LogP contribution in [0.25, 0.3) is 0 Å². The van der Waals surface area contributed by atoms with E-state index in [2.05, 4.69) is 32.4 Å². The molecule has 0 spiro atoms. The fraction of sp³-hybridized carbons (Fsp3) is 0.385. The van der Waals surface area contributed by atoms with Crippen LogP contribution in [0.15, 0.2) is 53.6 Å². The minimum absolute atomic E-state index is 0.104. The van der Waals surface area contributed by atoms with Crippen LogP contribution in [0.2, 0.25) is 5.02 Å². The summed E-state index contributed by atoms with van der Waals surface area (Å²) in [4.78, 5) is 11.2. The summed E-state index contributed by atoms with van der Waals surface area (Å²) in [6, 6.07) is 12.2. The third-order valence-corrected chi connectivity index (χ3v) is 8.27. The number of nitrogens with one attached hydrogen (secondary N) is 2. The van der Waals surface area contributed by atoms with Gasteiger partial charge in [-0.3, -0.25) is 4.90 Å². The summed E-state index contributed by atoms with van der Waals surface area (Å²) in [5.41, 5.74) is 1.00. The number of likely N-dealkylation sites (tertiary alicyclic amines) is 1.